The third-order valence-corrected chi connectivity index (χ3v) is 18.8. The molecule has 0 aliphatic heterocycles. The monoisotopic (exact) mass is 1080 g/mol. The van der Waals surface area contributed by atoms with Gasteiger partial charge in [0.25, 0.3) is 0 Å². The Morgan fingerprint density at radius 3 is 1.06 bits per heavy atom. The maximum atomic E-state index is 5.17. The molecular weight excluding hydrogens is 1030 g/mol. The van der Waals surface area contributed by atoms with Crippen LogP contribution in [-0.2, 0) is 0 Å². The van der Waals surface area contributed by atoms with Gasteiger partial charge in [-0.1, -0.05) is 176 Å². The van der Waals surface area contributed by atoms with E-state index in [2.05, 4.69) is 276 Å². The normalized spacial score (nSPS) is 11.9. The predicted octanol–water partition coefficient (Wildman–Crippen LogP) is 21.4. The molecule has 0 unspecified atom stereocenters. The van der Waals surface area contributed by atoms with Crippen LogP contribution in [0.15, 0.2) is 279 Å². The van der Waals surface area contributed by atoms with E-state index in [1.807, 2.05) is 34.8 Å². The number of nitrogens with zero attached hydrogens (tertiary/aromatic N) is 4. The second kappa shape index (κ2) is 18.7. The summed E-state index contributed by atoms with van der Waals surface area (Å²) in [4.78, 5) is 10.3. The summed E-state index contributed by atoms with van der Waals surface area (Å²) in [7, 11) is 0. The molecule has 0 atom stereocenters. The standard InChI is InChI=1S/C76H46N4S2/c1-3-18-47(19-4-1)61-30-16-32-63(77-61)49-40-42-69-59(44-49)75-55(28-14-38-71(75)81-69)53-26-12-36-67-73(53)57-24-7-9-34-65(57)79(67)51-22-11-23-52(46-51)80-66-35-10-8-25-58(66)74-54(27-13-37-68(74)80)56-29-15-39-72-76(56)60-45-50(41-43-70(60)82-72)64-33-17-31-62(78-64)48-20-5-2-6-21-48/h1-46H. The van der Waals surface area contributed by atoms with Crippen LogP contribution in [0, 0.1) is 0 Å². The van der Waals surface area contributed by atoms with Crippen molar-refractivity contribution in [2.45, 2.75) is 0 Å². The highest BCUT2D eigenvalue weighted by Gasteiger charge is 2.23. The summed E-state index contributed by atoms with van der Waals surface area (Å²) >= 11 is 3.71. The molecular formula is C76H46N4S2. The molecule has 6 heteroatoms. The lowest BCUT2D eigenvalue weighted by atomic mass is 9.95. The molecule has 17 rings (SSSR count). The summed E-state index contributed by atoms with van der Waals surface area (Å²) in [6, 6.07) is 102. The SMILES string of the molecule is c1ccc(-c2cccc(-c3ccc4sc5cccc(-c6cccc7c6c6ccccc6n7-c6cccc(-n7c8ccccc8c8c(-c9cccc%10sc%11ccc(-c%12cccc(-c%13ccccc%13)n%12)cc%11c9%10)cccc87)c6)c5c4c3)n2)cc1. The van der Waals surface area contributed by atoms with Crippen molar-refractivity contribution in [3.63, 3.8) is 0 Å². The van der Waals surface area contributed by atoms with Crippen molar-refractivity contribution in [1.29, 1.82) is 0 Å². The van der Waals surface area contributed by atoms with E-state index in [0.717, 1.165) is 56.4 Å². The Hall–Kier alpha value is -10.2. The molecule has 0 N–H and O–H groups in total. The maximum absolute atomic E-state index is 5.17. The van der Waals surface area contributed by atoms with Gasteiger partial charge in [0, 0.05) is 95.5 Å². The molecule has 6 heterocycles. The first-order chi connectivity index (χ1) is 40.7. The van der Waals surface area contributed by atoms with Crippen molar-refractivity contribution in [1.82, 2.24) is 19.1 Å². The topological polar surface area (TPSA) is 35.6 Å². The Balaban J connectivity index is 0.805. The van der Waals surface area contributed by atoms with Gasteiger partial charge in [0.2, 0.25) is 0 Å². The van der Waals surface area contributed by atoms with Crippen LogP contribution in [0.5, 0.6) is 0 Å². The van der Waals surface area contributed by atoms with Gasteiger partial charge in [-0.3, -0.25) is 0 Å². The first kappa shape index (κ1) is 46.7. The van der Waals surface area contributed by atoms with E-state index in [0.29, 0.717) is 0 Å². The van der Waals surface area contributed by atoms with E-state index in [4.69, 9.17) is 9.97 Å². The third-order valence-electron chi connectivity index (χ3n) is 16.5. The van der Waals surface area contributed by atoms with Crippen LogP contribution in [0.3, 0.4) is 0 Å². The van der Waals surface area contributed by atoms with E-state index in [-0.39, 0.29) is 0 Å². The summed E-state index contributed by atoms with van der Waals surface area (Å²) in [6.07, 6.45) is 0. The molecule has 82 heavy (non-hydrogen) atoms. The number of thiophene rings is 2. The summed E-state index contributed by atoms with van der Waals surface area (Å²) in [5.74, 6) is 0. The number of rotatable bonds is 8. The molecule has 4 nitrogen and oxygen atoms in total. The first-order valence-corrected chi connectivity index (χ1v) is 29.4. The fraction of sp³-hybridized carbons (Fsp3) is 0. The van der Waals surface area contributed by atoms with E-state index in [1.165, 1.54) is 106 Å². The summed E-state index contributed by atoms with van der Waals surface area (Å²) in [6.45, 7) is 0. The van der Waals surface area contributed by atoms with E-state index in [9.17, 15) is 0 Å². The van der Waals surface area contributed by atoms with E-state index < -0.39 is 0 Å². The minimum Gasteiger partial charge on any atom is -0.309 e. The van der Waals surface area contributed by atoms with E-state index >= 15 is 0 Å². The van der Waals surface area contributed by atoms with Crippen LogP contribution in [0.4, 0.5) is 0 Å². The number of hydrogen-bond donors (Lipinski definition) is 0. The molecule has 382 valence electrons. The Bertz CT molecular complexity index is 5080. The van der Waals surface area contributed by atoms with Crippen molar-refractivity contribution >= 4 is 107 Å². The van der Waals surface area contributed by atoms with Crippen LogP contribution in [0.25, 0.3) is 163 Å². The third kappa shape index (κ3) is 7.36. The molecule has 11 aromatic carbocycles. The number of fused-ring (bicyclic) bond motifs is 12. The largest absolute Gasteiger partial charge is 0.309 e. The molecule has 0 saturated carbocycles. The van der Waals surface area contributed by atoms with Crippen molar-refractivity contribution in [3.8, 4) is 78.7 Å². The molecule has 6 aromatic heterocycles. The number of pyridine rings is 2. The van der Waals surface area contributed by atoms with Gasteiger partial charge in [-0.05, 0) is 125 Å². The maximum Gasteiger partial charge on any atom is 0.0709 e. The summed E-state index contributed by atoms with van der Waals surface area (Å²) in [5, 5.41) is 9.96. The molecule has 0 aliphatic rings. The zero-order valence-electron chi connectivity index (χ0n) is 44.2. The Kier molecular flexibility index (Phi) is 10.6. The lowest BCUT2D eigenvalue weighted by molar-refractivity contribution is 1.13. The van der Waals surface area contributed by atoms with Crippen LogP contribution < -0.4 is 0 Å². The Morgan fingerprint density at radius 1 is 0.232 bits per heavy atom. The van der Waals surface area contributed by atoms with Crippen LogP contribution in [-0.4, -0.2) is 19.1 Å². The van der Waals surface area contributed by atoms with Gasteiger partial charge in [0.05, 0.1) is 44.8 Å². The minimum absolute atomic E-state index is 0.965. The average molecular weight is 1080 g/mol. The molecule has 0 amide bonds. The fourth-order valence-electron chi connectivity index (χ4n) is 13.0. The van der Waals surface area contributed by atoms with Crippen molar-refractivity contribution < 1.29 is 0 Å². The molecule has 17 aromatic rings. The van der Waals surface area contributed by atoms with Gasteiger partial charge in [0.15, 0.2) is 0 Å². The van der Waals surface area contributed by atoms with Gasteiger partial charge < -0.3 is 9.13 Å². The first-order valence-electron chi connectivity index (χ1n) is 27.8. The predicted molar refractivity (Wildman–Crippen MR) is 349 cm³/mol. The summed E-state index contributed by atoms with van der Waals surface area (Å²) in [5.41, 5.74) is 20.1. The molecule has 0 spiro atoms. The van der Waals surface area contributed by atoms with Gasteiger partial charge in [-0.2, -0.15) is 0 Å². The highest BCUT2D eigenvalue weighted by molar-refractivity contribution is 7.26. The zero-order valence-corrected chi connectivity index (χ0v) is 45.8. The Morgan fingerprint density at radius 2 is 0.598 bits per heavy atom. The molecule has 0 saturated heterocycles. The smallest absolute Gasteiger partial charge is 0.0709 e. The zero-order chi connectivity index (χ0) is 53.8. The fourth-order valence-corrected chi connectivity index (χ4v) is 15.2. The van der Waals surface area contributed by atoms with Gasteiger partial charge >= 0.3 is 0 Å². The average Bonchev–Trinajstić information content (AvgIpc) is 4.51. The quantitative estimate of drug-likeness (QED) is 0.152. The number of aromatic nitrogens is 4. The molecule has 0 fully saturated rings. The van der Waals surface area contributed by atoms with Crippen molar-refractivity contribution in [3.05, 3.63) is 279 Å². The molecule has 0 aliphatic carbocycles. The Labute approximate surface area is 480 Å². The highest BCUT2D eigenvalue weighted by atomic mass is 32.1. The number of hydrogen-bond acceptors (Lipinski definition) is 4. The number of benzene rings is 11. The van der Waals surface area contributed by atoms with E-state index in [1.54, 1.807) is 0 Å². The van der Waals surface area contributed by atoms with Crippen molar-refractivity contribution in [2.75, 3.05) is 0 Å². The lowest BCUT2D eigenvalue weighted by Crippen LogP contribution is -1.98. The van der Waals surface area contributed by atoms with Crippen molar-refractivity contribution in [2.24, 2.45) is 0 Å². The van der Waals surface area contributed by atoms with Gasteiger partial charge in [-0.15, -0.1) is 22.7 Å². The second-order valence-electron chi connectivity index (χ2n) is 21.2. The lowest BCUT2D eigenvalue weighted by Gasteiger charge is -2.13. The summed E-state index contributed by atoms with van der Waals surface area (Å²) < 4.78 is 10.0. The number of para-hydroxylation sites is 2. The van der Waals surface area contributed by atoms with Crippen LogP contribution in [0.2, 0.25) is 0 Å². The molecule has 0 bridgehead atoms. The molecule has 0 radical (unpaired) electrons. The van der Waals surface area contributed by atoms with Gasteiger partial charge in [0.1, 0.15) is 0 Å². The van der Waals surface area contributed by atoms with Crippen LogP contribution in [0.1, 0.15) is 0 Å². The second-order valence-corrected chi connectivity index (χ2v) is 23.3. The highest BCUT2D eigenvalue weighted by Crippen LogP contribution is 2.48. The minimum atomic E-state index is 0.965. The van der Waals surface area contributed by atoms with Crippen LogP contribution >= 0.6 is 22.7 Å². The van der Waals surface area contributed by atoms with Gasteiger partial charge in [-0.25, -0.2) is 9.97 Å².